The Morgan fingerprint density at radius 2 is 2.00 bits per heavy atom. The molecule has 0 unspecified atom stereocenters. The van der Waals surface area contributed by atoms with Crippen LogP contribution in [0.2, 0.25) is 0 Å². The minimum absolute atomic E-state index is 0.0257. The van der Waals surface area contributed by atoms with Gasteiger partial charge in [-0.1, -0.05) is 19.3 Å². The third-order valence-electron chi connectivity index (χ3n) is 4.35. The van der Waals surface area contributed by atoms with E-state index in [-0.39, 0.29) is 11.3 Å². The van der Waals surface area contributed by atoms with Crippen molar-refractivity contribution in [1.29, 1.82) is 0 Å². The summed E-state index contributed by atoms with van der Waals surface area (Å²) in [6.07, 6.45) is 5.20. The van der Waals surface area contributed by atoms with Gasteiger partial charge in [0.2, 0.25) is 11.8 Å². The summed E-state index contributed by atoms with van der Waals surface area (Å²) < 4.78 is 0. The van der Waals surface area contributed by atoms with Gasteiger partial charge in [-0.05, 0) is 25.2 Å². The number of carbonyl (C=O) groups is 2. The van der Waals surface area contributed by atoms with Crippen molar-refractivity contribution < 1.29 is 14.7 Å². The van der Waals surface area contributed by atoms with E-state index in [9.17, 15) is 14.7 Å². The molecular formula is C13H22N2O3. The highest BCUT2D eigenvalue weighted by molar-refractivity contribution is 5.88. The molecule has 2 rings (SSSR count). The van der Waals surface area contributed by atoms with Gasteiger partial charge in [0, 0.05) is 13.0 Å². The van der Waals surface area contributed by atoms with Crippen molar-refractivity contribution in [2.45, 2.75) is 57.6 Å². The van der Waals surface area contributed by atoms with Crippen LogP contribution in [0.3, 0.4) is 0 Å². The predicted molar refractivity (Wildman–Crippen MR) is 66.5 cm³/mol. The van der Waals surface area contributed by atoms with Crippen LogP contribution in [-0.2, 0) is 9.59 Å². The summed E-state index contributed by atoms with van der Waals surface area (Å²) in [7, 11) is 0. The molecule has 0 aromatic heterocycles. The van der Waals surface area contributed by atoms with Crippen molar-refractivity contribution in [3.05, 3.63) is 0 Å². The van der Waals surface area contributed by atoms with E-state index in [2.05, 4.69) is 0 Å². The number of carbonyl (C=O) groups excluding carboxylic acids is 2. The van der Waals surface area contributed by atoms with E-state index in [1.807, 2.05) is 0 Å². The number of aliphatic hydroxyl groups is 1. The highest BCUT2D eigenvalue weighted by Crippen LogP contribution is 2.44. The number of nitrogens with two attached hydrogens (primary N) is 1. The number of amides is 2. The molecule has 1 aliphatic heterocycles. The molecule has 18 heavy (non-hydrogen) atoms. The van der Waals surface area contributed by atoms with Crippen molar-refractivity contribution in [3.8, 4) is 0 Å². The number of aliphatic hydroxyl groups excluding tert-OH is 1. The lowest BCUT2D eigenvalue weighted by atomic mass is 9.73. The maximum Gasteiger partial charge on any atom is 0.242 e. The number of hydrogen-bond acceptors (Lipinski definition) is 3. The molecule has 1 saturated heterocycles. The van der Waals surface area contributed by atoms with E-state index in [4.69, 9.17) is 5.73 Å². The fourth-order valence-electron chi connectivity index (χ4n) is 3.47. The maximum atomic E-state index is 12.1. The Morgan fingerprint density at radius 1 is 1.39 bits per heavy atom. The van der Waals surface area contributed by atoms with Gasteiger partial charge in [-0.25, -0.2) is 0 Å². The molecule has 1 spiro atoms. The van der Waals surface area contributed by atoms with Crippen LogP contribution in [0.4, 0.5) is 0 Å². The van der Waals surface area contributed by atoms with Crippen LogP contribution in [0.5, 0.6) is 0 Å². The van der Waals surface area contributed by atoms with Crippen LogP contribution in [0.1, 0.15) is 45.4 Å². The molecule has 0 radical (unpaired) electrons. The first-order chi connectivity index (χ1) is 8.45. The molecule has 0 aromatic rings. The zero-order chi connectivity index (χ0) is 13.3. The molecule has 1 heterocycles. The molecule has 1 saturated carbocycles. The predicted octanol–water partition coefficient (Wildman–Crippen LogP) is 0.404. The third kappa shape index (κ3) is 2.36. The average molecular weight is 254 g/mol. The number of primary amides is 1. The summed E-state index contributed by atoms with van der Waals surface area (Å²) in [6, 6.07) is -0.876. The Kier molecular flexibility index (Phi) is 3.61. The average Bonchev–Trinajstić information content (AvgIpc) is 2.55. The number of nitrogens with zero attached hydrogens (tertiary/aromatic N) is 1. The standard InChI is InChI=1S/C13H22N2O3/c1-9(16)11(12(14)18)15-8-13(7-10(15)17)5-3-2-4-6-13/h9,11,16H,2-8H2,1H3,(H2,14,18)/t9-,11+/m1/s1. The normalized spacial score (nSPS) is 26.3. The minimum atomic E-state index is -0.912. The summed E-state index contributed by atoms with van der Waals surface area (Å²) in [5, 5.41) is 9.65. The molecule has 0 aromatic carbocycles. The summed E-state index contributed by atoms with van der Waals surface area (Å²) in [6.45, 7) is 2.08. The van der Waals surface area contributed by atoms with Gasteiger partial charge >= 0.3 is 0 Å². The first-order valence-electron chi connectivity index (χ1n) is 6.72. The van der Waals surface area contributed by atoms with Gasteiger partial charge in [0.25, 0.3) is 0 Å². The van der Waals surface area contributed by atoms with E-state index in [0.29, 0.717) is 13.0 Å². The Hall–Kier alpha value is -1.10. The summed E-state index contributed by atoms with van der Waals surface area (Å²) in [5.41, 5.74) is 5.33. The highest BCUT2D eigenvalue weighted by atomic mass is 16.3. The van der Waals surface area contributed by atoms with Gasteiger partial charge in [0.15, 0.2) is 0 Å². The molecule has 5 heteroatoms. The molecule has 2 aliphatic rings. The van der Waals surface area contributed by atoms with E-state index in [1.54, 1.807) is 0 Å². The molecule has 5 nitrogen and oxygen atoms in total. The fourth-order valence-corrected chi connectivity index (χ4v) is 3.47. The van der Waals surface area contributed by atoms with Gasteiger partial charge in [-0.2, -0.15) is 0 Å². The Bertz CT molecular complexity index is 348. The summed E-state index contributed by atoms with van der Waals surface area (Å²) in [5.74, 6) is -0.659. The summed E-state index contributed by atoms with van der Waals surface area (Å²) in [4.78, 5) is 25.0. The molecule has 1 aliphatic carbocycles. The Labute approximate surface area is 107 Å². The summed E-state index contributed by atoms with van der Waals surface area (Å²) >= 11 is 0. The van der Waals surface area contributed by atoms with Crippen molar-refractivity contribution in [2.75, 3.05) is 6.54 Å². The number of hydrogen-bond donors (Lipinski definition) is 2. The van der Waals surface area contributed by atoms with E-state index in [1.165, 1.54) is 18.2 Å². The maximum absolute atomic E-state index is 12.1. The van der Waals surface area contributed by atoms with Crippen LogP contribution >= 0.6 is 0 Å². The fraction of sp³-hybridized carbons (Fsp3) is 0.846. The molecular weight excluding hydrogens is 232 g/mol. The lowest BCUT2D eigenvalue weighted by Gasteiger charge is -2.34. The van der Waals surface area contributed by atoms with Crippen LogP contribution in [-0.4, -0.2) is 40.5 Å². The lowest BCUT2D eigenvalue weighted by Crippen LogP contribution is -2.52. The SMILES string of the molecule is C[C@@H](O)[C@@H](C(N)=O)N1CC2(CCCCC2)CC1=O. The van der Waals surface area contributed by atoms with Crippen molar-refractivity contribution in [2.24, 2.45) is 11.1 Å². The first kappa shape index (κ1) is 13.3. The van der Waals surface area contributed by atoms with E-state index >= 15 is 0 Å². The zero-order valence-corrected chi connectivity index (χ0v) is 10.9. The lowest BCUT2D eigenvalue weighted by molar-refractivity contribution is -0.139. The second-order valence-electron chi connectivity index (χ2n) is 5.85. The van der Waals surface area contributed by atoms with Gasteiger partial charge in [-0.15, -0.1) is 0 Å². The van der Waals surface area contributed by atoms with Crippen molar-refractivity contribution in [3.63, 3.8) is 0 Å². The number of rotatable bonds is 3. The smallest absolute Gasteiger partial charge is 0.242 e. The Morgan fingerprint density at radius 3 is 2.50 bits per heavy atom. The zero-order valence-electron chi connectivity index (χ0n) is 10.9. The van der Waals surface area contributed by atoms with Crippen LogP contribution < -0.4 is 5.73 Å². The first-order valence-corrected chi connectivity index (χ1v) is 6.72. The molecule has 2 amide bonds. The minimum Gasteiger partial charge on any atom is -0.391 e. The van der Waals surface area contributed by atoms with E-state index in [0.717, 1.165) is 25.7 Å². The van der Waals surface area contributed by atoms with Crippen molar-refractivity contribution >= 4 is 11.8 Å². The van der Waals surface area contributed by atoms with E-state index < -0.39 is 18.1 Å². The second-order valence-corrected chi connectivity index (χ2v) is 5.85. The van der Waals surface area contributed by atoms with Gasteiger partial charge in [0.1, 0.15) is 6.04 Å². The largest absolute Gasteiger partial charge is 0.391 e. The van der Waals surface area contributed by atoms with Crippen LogP contribution in [0, 0.1) is 5.41 Å². The molecule has 2 atom stereocenters. The molecule has 102 valence electrons. The van der Waals surface area contributed by atoms with Gasteiger partial charge in [-0.3, -0.25) is 9.59 Å². The number of likely N-dealkylation sites (tertiary alicyclic amines) is 1. The highest BCUT2D eigenvalue weighted by Gasteiger charge is 2.47. The van der Waals surface area contributed by atoms with Crippen LogP contribution in [0.25, 0.3) is 0 Å². The van der Waals surface area contributed by atoms with Gasteiger partial charge < -0.3 is 15.7 Å². The monoisotopic (exact) mass is 254 g/mol. The molecule has 2 fully saturated rings. The molecule has 3 N–H and O–H groups in total. The third-order valence-corrected chi connectivity index (χ3v) is 4.35. The second kappa shape index (κ2) is 4.88. The quantitative estimate of drug-likeness (QED) is 0.765. The topological polar surface area (TPSA) is 83.6 Å². The van der Waals surface area contributed by atoms with Gasteiger partial charge in [0.05, 0.1) is 6.10 Å². The Balaban J connectivity index is 2.15. The molecule has 0 bridgehead atoms. The van der Waals surface area contributed by atoms with Crippen LogP contribution in [0.15, 0.2) is 0 Å². The van der Waals surface area contributed by atoms with Crippen molar-refractivity contribution in [1.82, 2.24) is 4.90 Å².